The maximum absolute atomic E-state index is 13.9. The van der Waals surface area contributed by atoms with E-state index in [1.54, 1.807) is 15.9 Å². The maximum atomic E-state index is 13.9. The second-order valence-electron chi connectivity index (χ2n) is 7.44. The van der Waals surface area contributed by atoms with Gasteiger partial charge in [0.1, 0.15) is 18.8 Å². The van der Waals surface area contributed by atoms with E-state index >= 15 is 0 Å². The Labute approximate surface area is 168 Å². The number of aromatic nitrogens is 2. The molecule has 2 amide bonds. The van der Waals surface area contributed by atoms with Crippen LogP contribution in [0, 0.1) is 17.7 Å². The molecule has 0 aliphatic carbocycles. The molecule has 2 aliphatic heterocycles. The molecule has 0 radical (unpaired) electrons. The summed E-state index contributed by atoms with van der Waals surface area (Å²) in [5, 5.41) is 0. The third-order valence-electron chi connectivity index (χ3n) is 5.70. The van der Waals surface area contributed by atoms with Crippen LogP contribution >= 0.6 is 0 Å². The lowest BCUT2D eigenvalue weighted by molar-refractivity contribution is -0.137. The first-order valence-corrected chi connectivity index (χ1v) is 9.75. The Bertz CT molecular complexity index is 895. The minimum Gasteiger partial charge on any atom is -0.372 e. The Hall–Kier alpha value is -2.87. The van der Waals surface area contributed by atoms with E-state index in [2.05, 4.69) is 9.97 Å². The van der Waals surface area contributed by atoms with Gasteiger partial charge in [0.05, 0.1) is 11.6 Å². The molecule has 3 heterocycles. The smallest absolute Gasteiger partial charge is 0.257 e. The second-order valence-corrected chi connectivity index (χ2v) is 7.44. The standard InChI is InChI=1S/C21H23FN4O3/c1-2-29-12-19(27)26-10-16-9-25(21(28)15-7-23-13-24-8-15)11-18(16)20(26)14-4-3-5-17(22)6-14/h3-8,13,16,18,20H,2,9-12H2,1H3/t16-,18-,20+/m0/s1. The predicted octanol–water partition coefficient (Wildman–Crippen LogP) is 1.92. The van der Waals surface area contributed by atoms with Crippen molar-refractivity contribution < 1.29 is 18.7 Å². The van der Waals surface area contributed by atoms with Crippen LogP contribution in [0.1, 0.15) is 28.9 Å². The van der Waals surface area contributed by atoms with E-state index in [0.29, 0.717) is 31.8 Å². The SMILES string of the molecule is CCOCC(=O)N1C[C@@H]2CN(C(=O)c3cncnc3)C[C@@H]2[C@H]1c1cccc(F)c1. The molecule has 7 nitrogen and oxygen atoms in total. The third kappa shape index (κ3) is 3.85. The van der Waals surface area contributed by atoms with Gasteiger partial charge in [-0.05, 0) is 24.6 Å². The van der Waals surface area contributed by atoms with Crippen molar-refractivity contribution in [3.63, 3.8) is 0 Å². The van der Waals surface area contributed by atoms with Crippen molar-refractivity contribution in [2.75, 3.05) is 32.8 Å². The highest BCUT2D eigenvalue weighted by Crippen LogP contribution is 2.45. The molecule has 29 heavy (non-hydrogen) atoms. The average Bonchev–Trinajstić information content (AvgIpc) is 3.30. The third-order valence-corrected chi connectivity index (χ3v) is 5.70. The first-order valence-electron chi connectivity index (χ1n) is 9.75. The van der Waals surface area contributed by atoms with Crippen LogP contribution in [0.3, 0.4) is 0 Å². The quantitative estimate of drug-likeness (QED) is 0.769. The lowest BCUT2D eigenvalue weighted by atomic mass is 9.89. The van der Waals surface area contributed by atoms with E-state index in [9.17, 15) is 14.0 Å². The van der Waals surface area contributed by atoms with Gasteiger partial charge in [-0.15, -0.1) is 0 Å². The van der Waals surface area contributed by atoms with E-state index in [0.717, 1.165) is 5.56 Å². The number of hydrogen-bond acceptors (Lipinski definition) is 5. The number of ether oxygens (including phenoxy) is 1. The van der Waals surface area contributed by atoms with Gasteiger partial charge >= 0.3 is 0 Å². The van der Waals surface area contributed by atoms with Crippen molar-refractivity contribution in [2.24, 2.45) is 11.8 Å². The van der Waals surface area contributed by atoms with Crippen LogP contribution in [0.15, 0.2) is 43.0 Å². The summed E-state index contributed by atoms with van der Waals surface area (Å²) in [6.07, 6.45) is 4.40. The van der Waals surface area contributed by atoms with Crippen LogP contribution in [0.2, 0.25) is 0 Å². The lowest BCUT2D eigenvalue weighted by Crippen LogP contribution is -2.39. The van der Waals surface area contributed by atoms with E-state index in [1.165, 1.54) is 30.9 Å². The zero-order valence-corrected chi connectivity index (χ0v) is 16.2. The number of halogens is 1. The molecular weight excluding hydrogens is 375 g/mol. The number of fused-ring (bicyclic) bond motifs is 1. The van der Waals surface area contributed by atoms with Crippen molar-refractivity contribution in [2.45, 2.75) is 13.0 Å². The van der Waals surface area contributed by atoms with Crippen molar-refractivity contribution >= 4 is 11.8 Å². The summed E-state index contributed by atoms with van der Waals surface area (Å²) in [5.74, 6) is -0.399. The molecule has 0 bridgehead atoms. The van der Waals surface area contributed by atoms with E-state index in [4.69, 9.17) is 4.74 Å². The van der Waals surface area contributed by atoms with Gasteiger partial charge in [-0.2, -0.15) is 0 Å². The van der Waals surface area contributed by atoms with Crippen LogP contribution in [0.25, 0.3) is 0 Å². The van der Waals surface area contributed by atoms with Crippen LogP contribution in [0.4, 0.5) is 4.39 Å². The average molecular weight is 398 g/mol. The minimum absolute atomic E-state index is 0.00571. The molecule has 0 saturated carbocycles. The Balaban J connectivity index is 1.58. The van der Waals surface area contributed by atoms with Crippen LogP contribution in [-0.2, 0) is 9.53 Å². The highest BCUT2D eigenvalue weighted by molar-refractivity contribution is 5.93. The fourth-order valence-corrected chi connectivity index (χ4v) is 4.45. The lowest BCUT2D eigenvalue weighted by Gasteiger charge is -2.30. The summed E-state index contributed by atoms with van der Waals surface area (Å²) in [5.41, 5.74) is 1.19. The zero-order valence-electron chi connectivity index (χ0n) is 16.2. The topological polar surface area (TPSA) is 75.6 Å². The molecule has 3 atom stereocenters. The fraction of sp³-hybridized carbons (Fsp3) is 0.429. The van der Waals surface area contributed by atoms with Crippen molar-refractivity contribution in [1.82, 2.24) is 19.8 Å². The number of amides is 2. The highest BCUT2D eigenvalue weighted by Gasteiger charge is 2.50. The Morgan fingerprint density at radius 3 is 2.72 bits per heavy atom. The zero-order chi connectivity index (χ0) is 20.4. The highest BCUT2D eigenvalue weighted by atomic mass is 19.1. The van der Waals surface area contributed by atoms with Gasteiger partial charge < -0.3 is 14.5 Å². The number of rotatable bonds is 5. The van der Waals surface area contributed by atoms with Gasteiger partial charge in [-0.3, -0.25) is 9.59 Å². The number of hydrogen-bond donors (Lipinski definition) is 0. The van der Waals surface area contributed by atoms with Gasteiger partial charge in [0, 0.05) is 50.5 Å². The minimum atomic E-state index is -0.337. The van der Waals surface area contributed by atoms with Crippen molar-refractivity contribution in [1.29, 1.82) is 0 Å². The first-order chi connectivity index (χ1) is 14.1. The predicted molar refractivity (Wildman–Crippen MR) is 102 cm³/mol. The summed E-state index contributed by atoms with van der Waals surface area (Å²) < 4.78 is 19.2. The second kappa shape index (κ2) is 8.24. The summed E-state index contributed by atoms with van der Waals surface area (Å²) >= 11 is 0. The number of benzene rings is 1. The summed E-state index contributed by atoms with van der Waals surface area (Å²) in [6, 6.07) is 6.08. The van der Waals surface area contributed by atoms with Crippen molar-refractivity contribution in [3.8, 4) is 0 Å². The van der Waals surface area contributed by atoms with Crippen molar-refractivity contribution in [3.05, 3.63) is 59.9 Å². The number of carbonyl (C=O) groups is 2. The Morgan fingerprint density at radius 2 is 2.00 bits per heavy atom. The number of carbonyl (C=O) groups excluding carboxylic acids is 2. The molecule has 0 spiro atoms. The molecule has 152 valence electrons. The van der Waals surface area contributed by atoms with E-state index < -0.39 is 0 Å². The van der Waals surface area contributed by atoms with Crippen LogP contribution < -0.4 is 0 Å². The number of likely N-dealkylation sites (tertiary alicyclic amines) is 2. The summed E-state index contributed by atoms with van der Waals surface area (Å²) in [4.78, 5) is 37.0. The van der Waals surface area contributed by atoms with Gasteiger partial charge in [0.2, 0.25) is 5.91 Å². The van der Waals surface area contributed by atoms with E-state index in [-0.39, 0.29) is 42.1 Å². The molecule has 4 rings (SSSR count). The Kier molecular flexibility index (Phi) is 5.53. The molecule has 2 saturated heterocycles. The largest absolute Gasteiger partial charge is 0.372 e. The monoisotopic (exact) mass is 398 g/mol. The maximum Gasteiger partial charge on any atom is 0.257 e. The fourth-order valence-electron chi connectivity index (χ4n) is 4.45. The molecule has 2 aromatic rings. The molecular formula is C21H23FN4O3. The molecule has 0 N–H and O–H groups in total. The molecule has 0 unspecified atom stereocenters. The normalized spacial score (nSPS) is 23.3. The molecule has 2 fully saturated rings. The van der Waals surface area contributed by atoms with Gasteiger partial charge in [-0.25, -0.2) is 14.4 Å². The van der Waals surface area contributed by atoms with Gasteiger partial charge in [0.25, 0.3) is 5.91 Å². The summed E-state index contributed by atoms with van der Waals surface area (Å²) in [7, 11) is 0. The molecule has 2 aliphatic rings. The van der Waals surface area contributed by atoms with E-state index in [1.807, 2.05) is 13.0 Å². The Morgan fingerprint density at radius 1 is 1.21 bits per heavy atom. The molecule has 8 heteroatoms. The molecule has 1 aromatic carbocycles. The molecule has 1 aromatic heterocycles. The number of nitrogens with zero attached hydrogens (tertiary/aromatic N) is 4. The van der Waals surface area contributed by atoms with Gasteiger partial charge in [-0.1, -0.05) is 12.1 Å². The summed E-state index contributed by atoms with van der Waals surface area (Å²) in [6.45, 7) is 3.87. The van der Waals surface area contributed by atoms with Crippen LogP contribution in [-0.4, -0.2) is 64.4 Å². The van der Waals surface area contributed by atoms with Gasteiger partial charge in [0.15, 0.2) is 0 Å². The first kappa shape index (κ1) is 19.4. The van der Waals surface area contributed by atoms with Crippen LogP contribution in [0.5, 0.6) is 0 Å².